The molecule has 0 saturated heterocycles. The first kappa shape index (κ1) is 19.4. The van der Waals surface area contributed by atoms with Crippen molar-refractivity contribution >= 4 is 22.6 Å². The average Bonchev–Trinajstić information content (AvgIpc) is 2.66. The van der Waals surface area contributed by atoms with Gasteiger partial charge in [-0.15, -0.1) is 0 Å². The number of carbonyl (C=O) groups excluding carboxylic acids is 1. The summed E-state index contributed by atoms with van der Waals surface area (Å²) in [5.41, 5.74) is -4.06. The molecule has 0 radical (unpaired) electrons. The molecule has 2 N–H and O–H groups in total. The summed E-state index contributed by atoms with van der Waals surface area (Å²) < 4.78 is 42.5. The predicted molar refractivity (Wildman–Crippen MR) is 98.0 cm³/mol. The van der Waals surface area contributed by atoms with E-state index in [1.807, 2.05) is 0 Å². The zero-order valence-corrected chi connectivity index (χ0v) is 14.7. The maximum Gasteiger partial charge on any atom is 0.426 e. The molecule has 3 aromatic rings. The standard InChI is InChI=1S/C21H16F3NO3/c1-13-16-10-6-5-7-14(16)11-12-17(13)20(19(27)28,21(22,23)24)25-18(26)15-8-3-2-4-9-15/h2-12H,1H3,(H,25,26)(H,27,28)/t20-/m1/s1. The molecule has 0 unspecified atom stereocenters. The minimum absolute atomic E-state index is 0.0733. The van der Waals surface area contributed by atoms with Crippen LogP contribution in [0.1, 0.15) is 21.5 Å². The fourth-order valence-corrected chi connectivity index (χ4v) is 3.25. The second-order valence-electron chi connectivity index (χ2n) is 6.33. The number of benzene rings is 3. The molecular formula is C21H16F3NO3. The maximum atomic E-state index is 14.2. The molecule has 28 heavy (non-hydrogen) atoms. The van der Waals surface area contributed by atoms with Gasteiger partial charge in [-0.25, -0.2) is 4.79 Å². The fraction of sp³-hybridized carbons (Fsp3) is 0.143. The summed E-state index contributed by atoms with van der Waals surface area (Å²) >= 11 is 0. The van der Waals surface area contributed by atoms with E-state index in [1.54, 1.807) is 35.6 Å². The van der Waals surface area contributed by atoms with Crippen molar-refractivity contribution in [3.8, 4) is 0 Å². The van der Waals surface area contributed by atoms with Crippen molar-refractivity contribution < 1.29 is 27.9 Å². The van der Waals surface area contributed by atoms with Crippen LogP contribution in [0, 0.1) is 6.92 Å². The topological polar surface area (TPSA) is 66.4 Å². The Hall–Kier alpha value is -3.35. The number of nitrogens with one attached hydrogen (secondary N) is 1. The van der Waals surface area contributed by atoms with Gasteiger partial charge in [0.1, 0.15) is 0 Å². The van der Waals surface area contributed by atoms with E-state index < -0.39 is 29.2 Å². The van der Waals surface area contributed by atoms with Crippen molar-refractivity contribution in [3.05, 3.63) is 83.4 Å². The van der Waals surface area contributed by atoms with Crippen LogP contribution in [0.4, 0.5) is 13.2 Å². The summed E-state index contributed by atoms with van der Waals surface area (Å²) in [5.74, 6) is -3.34. The maximum absolute atomic E-state index is 14.2. The van der Waals surface area contributed by atoms with Crippen molar-refractivity contribution in [2.45, 2.75) is 18.6 Å². The Bertz CT molecular complexity index is 1050. The lowest BCUT2D eigenvalue weighted by Gasteiger charge is -2.34. The lowest BCUT2D eigenvalue weighted by Crippen LogP contribution is -2.61. The summed E-state index contributed by atoms with van der Waals surface area (Å²) in [6.45, 7) is 1.41. The van der Waals surface area contributed by atoms with Crippen LogP contribution in [0.3, 0.4) is 0 Å². The van der Waals surface area contributed by atoms with Crippen LogP contribution >= 0.6 is 0 Å². The summed E-state index contributed by atoms with van der Waals surface area (Å²) in [7, 11) is 0. The van der Waals surface area contributed by atoms with Gasteiger partial charge in [-0.05, 0) is 35.4 Å². The number of carboxylic acids is 1. The Kier molecular flexibility index (Phi) is 4.85. The Morgan fingerprint density at radius 3 is 2.11 bits per heavy atom. The van der Waals surface area contributed by atoms with Gasteiger partial charge >= 0.3 is 12.1 Å². The third-order valence-corrected chi connectivity index (χ3v) is 4.69. The largest absolute Gasteiger partial charge is 0.479 e. The van der Waals surface area contributed by atoms with Gasteiger partial charge < -0.3 is 10.4 Å². The Morgan fingerprint density at radius 2 is 1.50 bits per heavy atom. The van der Waals surface area contributed by atoms with Crippen LogP contribution in [-0.4, -0.2) is 23.2 Å². The molecule has 0 spiro atoms. The smallest absolute Gasteiger partial charge is 0.426 e. The van der Waals surface area contributed by atoms with Crippen LogP contribution in [0.15, 0.2) is 66.7 Å². The second-order valence-corrected chi connectivity index (χ2v) is 6.33. The van der Waals surface area contributed by atoms with Crippen molar-refractivity contribution in [1.82, 2.24) is 5.32 Å². The van der Waals surface area contributed by atoms with E-state index in [0.29, 0.717) is 10.8 Å². The van der Waals surface area contributed by atoms with E-state index in [2.05, 4.69) is 0 Å². The molecule has 4 nitrogen and oxygen atoms in total. The molecule has 0 aliphatic rings. The molecule has 0 bridgehead atoms. The number of amides is 1. The molecule has 0 aliphatic heterocycles. The Morgan fingerprint density at radius 1 is 0.893 bits per heavy atom. The minimum Gasteiger partial charge on any atom is -0.479 e. The van der Waals surface area contributed by atoms with E-state index >= 15 is 0 Å². The summed E-state index contributed by atoms with van der Waals surface area (Å²) in [5, 5.41) is 12.6. The van der Waals surface area contributed by atoms with Crippen molar-refractivity contribution in [3.63, 3.8) is 0 Å². The normalized spacial score (nSPS) is 13.7. The number of carbonyl (C=O) groups is 2. The van der Waals surface area contributed by atoms with Crippen molar-refractivity contribution in [1.29, 1.82) is 0 Å². The van der Waals surface area contributed by atoms with Gasteiger partial charge in [-0.1, -0.05) is 54.6 Å². The van der Waals surface area contributed by atoms with E-state index in [0.717, 1.165) is 6.07 Å². The van der Waals surface area contributed by atoms with Crippen molar-refractivity contribution in [2.75, 3.05) is 0 Å². The molecule has 0 heterocycles. The number of aliphatic carboxylic acids is 1. The quantitative estimate of drug-likeness (QED) is 0.697. The lowest BCUT2D eigenvalue weighted by molar-refractivity contribution is -0.210. The van der Waals surface area contributed by atoms with Crippen LogP contribution in [-0.2, 0) is 10.3 Å². The highest BCUT2D eigenvalue weighted by molar-refractivity contribution is 5.99. The Labute approximate surface area is 158 Å². The molecule has 1 amide bonds. The number of aryl methyl sites for hydroxylation is 1. The molecule has 0 aliphatic carbocycles. The summed E-state index contributed by atoms with van der Waals surface area (Å²) in [6, 6.07) is 16.4. The second kappa shape index (κ2) is 6.99. The first-order chi connectivity index (χ1) is 13.2. The molecule has 7 heteroatoms. The van der Waals surface area contributed by atoms with E-state index in [9.17, 15) is 27.9 Å². The van der Waals surface area contributed by atoms with Crippen molar-refractivity contribution in [2.24, 2.45) is 0 Å². The molecule has 3 rings (SSSR count). The zero-order valence-electron chi connectivity index (χ0n) is 14.7. The predicted octanol–water partition coefficient (Wildman–Crippen LogP) is 4.42. The van der Waals surface area contributed by atoms with Crippen LogP contribution in [0.2, 0.25) is 0 Å². The molecular weight excluding hydrogens is 371 g/mol. The molecule has 144 valence electrons. The van der Waals surface area contributed by atoms with Gasteiger partial charge in [-0.3, -0.25) is 4.79 Å². The van der Waals surface area contributed by atoms with E-state index in [4.69, 9.17) is 0 Å². The molecule has 0 saturated carbocycles. The SMILES string of the molecule is Cc1c([C@@](NC(=O)c2ccccc2)(C(=O)O)C(F)(F)F)ccc2ccccc12. The average molecular weight is 387 g/mol. The van der Waals surface area contributed by atoms with Crippen LogP contribution in [0.25, 0.3) is 10.8 Å². The fourth-order valence-electron chi connectivity index (χ4n) is 3.25. The summed E-state index contributed by atoms with van der Waals surface area (Å²) in [4.78, 5) is 24.5. The van der Waals surface area contributed by atoms with Gasteiger partial charge in [0, 0.05) is 11.1 Å². The first-order valence-corrected chi connectivity index (χ1v) is 8.35. The molecule has 0 aromatic heterocycles. The monoisotopic (exact) mass is 387 g/mol. The van der Waals surface area contributed by atoms with E-state index in [1.165, 1.54) is 37.3 Å². The van der Waals surface area contributed by atoms with Crippen LogP contribution < -0.4 is 5.32 Å². The number of hydrogen-bond donors (Lipinski definition) is 2. The highest BCUT2D eigenvalue weighted by Crippen LogP contribution is 2.42. The Balaban J connectivity index is 2.24. The third-order valence-electron chi connectivity index (χ3n) is 4.69. The number of hydrogen-bond acceptors (Lipinski definition) is 2. The number of alkyl halides is 3. The van der Waals surface area contributed by atoms with E-state index in [-0.39, 0.29) is 11.1 Å². The van der Waals surface area contributed by atoms with Gasteiger partial charge in [0.25, 0.3) is 11.4 Å². The van der Waals surface area contributed by atoms with Gasteiger partial charge in [0.2, 0.25) is 0 Å². The highest BCUT2D eigenvalue weighted by atomic mass is 19.4. The zero-order chi connectivity index (χ0) is 20.5. The molecule has 1 atom stereocenters. The van der Waals surface area contributed by atoms with Crippen LogP contribution in [0.5, 0.6) is 0 Å². The third kappa shape index (κ3) is 3.09. The first-order valence-electron chi connectivity index (χ1n) is 8.35. The number of rotatable bonds is 4. The van der Waals surface area contributed by atoms with Gasteiger partial charge in [-0.2, -0.15) is 13.2 Å². The lowest BCUT2D eigenvalue weighted by atomic mass is 9.83. The number of fused-ring (bicyclic) bond motifs is 1. The number of halogens is 3. The highest BCUT2D eigenvalue weighted by Gasteiger charge is 2.64. The summed E-state index contributed by atoms with van der Waals surface area (Å²) in [6.07, 6.45) is -5.28. The number of carboxylic acid groups (broad SMARTS) is 1. The van der Waals surface area contributed by atoms with Gasteiger partial charge in [0.05, 0.1) is 0 Å². The molecule has 3 aromatic carbocycles. The van der Waals surface area contributed by atoms with Gasteiger partial charge in [0.15, 0.2) is 0 Å². The minimum atomic E-state index is -5.28. The molecule has 0 fully saturated rings.